The number of thioether (sulfide) groups is 3. The van der Waals surface area contributed by atoms with Crippen molar-refractivity contribution in [1.82, 2.24) is 9.97 Å². The lowest BCUT2D eigenvalue weighted by molar-refractivity contribution is 0.0686. The third-order valence-corrected chi connectivity index (χ3v) is 6.37. The Morgan fingerprint density at radius 2 is 1.46 bits per heavy atom. The van der Waals surface area contributed by atoms with E-state index in [1.54, 1.807) is 12.1 Å². The zero-order chi connectivity index (χ0) is 19.9. The second kappa shape index (κ2) is 9.95. The van der Waals surface area contributed by atoms with Crippen molar-refractivity contribution in [2.24, 2.45) is 0 Å². The average molecular weight is 433 g/mol. The molecule has 4 nitrogen and oxygen atoms in total. The SMILES string of the molecule is CSc1nc(SCc2ccccc2)c(C(=O)O)c(SCc2ccc(F)cc2)n1. The van der Waals surface area contributed by atoms with Crippen LogP contribution in [0.1, 0.15) is 21.5 Å². The summed E-state index contributed by atoms with van der Waals surface area (Å²) < 4.78 is 13.1. The fraction of sp³-hybridized carbons (Fsp3) is 0.150. The topological polar surface area (TPSA) is 63.1 Å². The van der Waals surface area contributed by atoms with E-state index in [-0.39, 0.29) is 11.4 Å². The summed E-state index contributed by atoms with van der Waals surface area (Å²) in [6.07, 6.45) is 1.86. The predicted octanol–water partition coefficient (Wildman–Crippen LogP) is 5.62. The highest BCUT2D eigenvalue weighted by atomic mass is 32.2. The zero-order valence-electron chi connectivity index (χ0n) is 15.0. The lowest BCUT2D eigenvalue weighted by Gasteiger charge is -2.11. The van der Waals surface area contributed by atoms with E-state index in [4.69, 9.17) is 0 Å². The van der Waals surface area contributed by atoms with E-state index >= 15 is 0 Å². The number of carboxylic acid groups (broad SMARTS) is 1. The fourth-order valence-electron chi connectivity index (χ4n) is 2.34. The van der Waals surface area contributed by atoms with Crippen molar-refractivity contribution in [3.8, 4) is 0 Å². The van der Waals surface area contributed by atoms with E-state index in [9.17, 15) is 14.3 Å². The highest BCUT2D eigenvalue weighted by Crippen LogP contribution is 2.33. The molecule has 0 aliphatic carbocycles. The normalized spacial score (nSPS) is 10.8. The van der Waals surface area contributed by atoms with Crippen LogP contribution in [-0.2, 0) is 11.5 Å². The first-order chi connectivity index (χ1) is 13.6. The van der Waals surface area contributed by atoms with Crippen molar-refractivity contribution < 1.29 is 14.3 Å². The number of rotatable bonds is 8. The summed E-state index contributed by atoms with van der Waals surface area (Å²) >= 11 is 4.08. The highest BCUT2D eigenvalue weighted by Gasteiger charge is 2.21. The summed E-state index contributed by atoms with van der Waals surface area (Å²) in [4.78, 5) is 20.8. The molecule has 1 heterocycles. The van der Waals surface area contributed by atoms with E-state index in [0.29, 0.717) is 26.7 Å². The minimum atomic E-state index is -1.05. The van der Waals surface area contributed by atoms with Gasteiger partial charge in [-0.05, 0) is 29.5 Å². The standard InChI is InChI=1S/C20H17FN2O2S3/c1-26-20-22-17(27-11-13-5-3-2-4-6-13)16(19(24)25)18(23-20)28-12-14-7-9-15(21)10-8-14/h2-10H,11-12H2,1H3,(H,24,25). The van der Waals surface area contributed by atoms with Gasteiger partial charge in [0.05, 0.1) is 0 Å². The Morgan fingerprint density at radius 1 is 0.929 bits per heavy atom. The zero-order valence-corrected chi connectivity index (χ0v) is 17.4. The molecule has 2 aromatic carbocycles. The third-order valence-electron chi connectivity index (χ3n) is 3.73. The van der Waals surface area contributed by atoms with Gasteiger partial charge in [-0.1, -0.05) is 54.2 Å². The minimum absolute atomic E-state index is 0.117. The molecule has 144 valence electrons. The van der Waals surface area contributed by atoms with Crippen molar-refractivity contribution >= 4 is 41.3 Å². The van der Waals surface area contributed by atoms with Crippen LogP contribution in [0.4, 0.5) is 4.39 Å². The molecule has 0 saturated heterocycles. The third kappa shape index (κ3) is 5.50. The maximum Gasteiger partial charge on any atom is 0.341 e. The number of carbonyl (C=O) groups is 1. The molecule has 0 aliphatic rings. The Hall–Kier alpha value is -2.03. The molecule has 1 aromatic heterocycles. The van der Waals surface area contributed by atoms with E-state index in [0.717, 1.165) is 11.1 Å². The molecule has 3 aromatic rings. The van der Waals surface area contributed by atoms with Gasteiger partial charge in [-0.15, -0.1) is 23.5 Å². The van der Waals surface area contributed by atoms with E-state index in [2.05, 4.69) is 9.97 Å². The Bertz CT molecular complexity index is 954. The Morgan fingerprint density at radius 3 is 1.96 bits per heavy atom. The molecule has 0 fully saturated rings. The molecule has 0 spiro atoms. The maximum absolute atomic E-state index is 13.1. The number of halogens is 1. The molecular formula is C20H17FN2O2S3. The second-order valence-electron chi connectivity index (χ2n) is 5.69. The van der Waals surface area contributed by atoms with Crippen LogP contribution in [-0.4, -0.2) is 27.3 Å². The van der Waals surface area contributed by atoms with Gasteiger partial charge in [-0.2, -0.15) is 0 Å². The smallest absolute Gasteiger partial charge is 0.341 e. The summed E-state index contributed by atoms with van der Waals surface area (Å²) in [6, 6.07) is 16.0. The average Bonchev–Trinajstić information content (AvgIpc) is 2.71. The lowest BCUT2D eigenvalue weighted by Crippen LogP contribution is -2.07. The van der Waals surface area contributed by atoms with Crippen molar-refractivity contribution in [3.05, 3.63) is 77.1 Å². The van der Waals surface area contributed by atoms with Crippen molar-refractivity contribution in [2.75, 3.05) is 6.26 Å². The molecule has 0 unspecified atom stereocenters. The predicted molar refractivity (Wildman–Crippen MR) is 113 cm³/mol. The molecule has 0 aliphatic heterocycles. The summed E-state index contributed by atoms with van der Waals surface area (Å²) in [5.74, 6) is -0.238. The largest absolute Gasteiger partial charge is 0.477 e. The number of benzene rings is 2. The lowest BCUT2D eigenvalue weighted by atomic mass is 10.2. The summed E-state index contributed by atoms with van der Waals surface area (Å²) in [6.45, 7) is 0. The van der Waals surface area contributed by atoms with Gasteiger partial charge in [0, 0.05) is 11.5 Å². The van der Waals surface area contributed by atoms with Crippen LogP contribution in [0, 0.1) is 5.82 Å². The quantitative estimate of drug-likeness (QED) is 0.281. The molecule has 0 saturated carbocycles. The van der Waals surface area contributed by atoms with Gasteiger partial charge in [0.15, 0.2) is 5.16 Å². The number of hydrogen-bond donors (Lipinski definition) is 1. The molecule has 0 atom stereocenters. The molecule has 8 heteroatoms. The van der Waals surface area contributed by atoms with Gasteiger partial charge in [-0.25, -0.2) is 19.2 Å². The molecular weight excluding hydrogens is 415 g/mol. The van der Waals surface area contributed by atoms with Gasteiger partial charge in [0.2, 0.25) is 0 Å². The van der Waals surface area contributed by atoms with Crippen LogP contribution in [0.15, 0.2) is 69.8 Å². The van der Waals surface area contributed by atoms with Crippen LogP contribution < -0.4 is 0 Å². The van der Waals surface area contributed by atoms with E-state index in [1.807, 2.05) is 36.6 Å². The molecule has 3 rings (SSSR count). The fourth-order valence-corrected chi connectivity index (χ4v) is 4.84. The molecule has 0 bridgehead atoms. The first kappa shape index (κ1) is 20.7. The summed E-state index contributed by atoms with van der Waals surface area (Å²) in [5, 5.41) is 11.2. The Kier molecular flexibility index (Phi) is 7.36. The minimum Gasteiger partial charge on any atom is -0.477 e. The van der Waals surface area contributed by atoms with Gasteiger partial charge < -0.3 is 5.11 Å². The molecule has 1 N–H and O–H groups in total. The van der Waals surface area contributed by atoms with Gasteiger partial charge in [0.1, 0.15) is 21.4 Å². The maximum atomic E-state index is 13.1. The number of hydrogen-bond acceptors (Lipinski definition) is 6. The summed E-state index contributed by atoms with van der Waals surface area (Å²) in [5.41, 5.74) is 2.10. The van der Waals surface area contributed by atoms with Crippen LogP contribution in [0.3, 0.4) is 0 Å². The molecule has 0 radical (unpaired) electrons. The van der Waals surface area contributed by atoms with Gasteiger partial charge in [0.25, 0.3) is 0 Å². The highest BCUT2D eigenvalue weighted by molar-refractivity contribution is 7.99. The Balaban J connectivity index is 1.87. The summed E-state index contributed by atoms with van der Waals surface area (Å²) in [7, 11) is 0. The van der Waals surface area contributed by atoms with E-state index < -0.39 is 5.97 Å². The number of aromatic nitrogens is 2. The first-order valence-electron chi connectivity index (χ1n) is 8.30. The van der Waals surface area contributed by atoms with Gasteiger partial charge in [-0.3, -0.25) is 0 Å². The van der Waals surface area contributed by atoms with Crippen LogP contribution in [0.2, 0.25) is 0 Å². The van der Waals surface area contributed by atoms with E-state index in [1.165, 1.54) is 47.4 Å². The molecule has 0 amide bonds. The number of nitrogens with zero attached hydrogens (tertiary/aromatic N) is 2. The monoisotopic (exact) mass is 432 g/mol. The number of aromatic carboxylic acids is 1. The van der Waals surface area contributed by atoms with Crippen LogP contribution in [0.5, 0.6) is 0 Å². The van der Waals surface area contributed by atoms with Crippen molar-refractivity contribution in [3.63, 3.8) is 0 Å². The molecule has 28 heavy (non-hydrogen) atoms. The van der Waals surface area contributed by atoms with Crippen molar-refractivity contribution in [1.29, 1.82) is 0 Å². The Labute approximate surface area is 175 Å². The van der Waals surface area contributed by atoms with Crippen molar-refractivity contribution in [2.45, 2.75) is 26.7 Å². The first-order valence-corrected chi connectivity index (χ1v) is 11.5. The van der Waals surface area contributed by atoms with Gasteiger partial charge >= 0.3 is 5.97 Å². The number of carboxylic acids is 1. The second-order valence-corrected chi connectivity index (χ2v) is 8.39. The van der Waals surface area contributed by atoms with Crippen LogP contribution in [0.25, 0.3) is 0 Å². The van der Waals surface area contributed by atoms with Crippen LogP contribution >= 0.6 is 35.3 Å².